The number of aromatic nitrogens is 2. The maximum atomic E-state index is 12.7. The van der Waals surface area contributed by atoms with Crippen LogP contribution >= 0.6 is 11.6 Å². The molecule has 0 bridgehead atoms. The molecule has 1 amide bonds. The van der Waals surface area contributed by atoms with Crippen LogP contribution in [0.25, 0.3) is 10.8 Å². The molecule has 0 fully saturated rings. The van der Waals surface area contributed by atoms with Gasteiger partial charge in [-0.2, -0.15) is 0 Å². The van der Waals surface area contributed by atoms with Crippen LogP contribution in [0.4, 0.5) is 5.69 Å². The Labute approximate surface area is 160 Å². The molecule has 2 aromatic heterocycles. The van der Waals surface area contributed by atoms with E-state index < -0.39 is 0 Å². The molecule has 2 heterocycles. The molecule has 132 valence electrons. The van der Waals surface area contributed by atoms with Crippen molar-refractivity contribution in [2.45, 2.75) is 0 Å². The molecule has 0 unspecified atom stereocenters. The Morgan fingerprint density at radius 3 is 2.67 bits per heavy atom. The second-order valence-electron chi connectivity index (χ2n) is 5.76. The summed E-state index contributed by atoms with van der Waals surface area (Å²) in [7, 11) is 0. The van der Waals surface area contributed by atoms with Gasteiger partial charge in [-0.1, -0.05) is 54.1 Å². The molecule has 0 aliphatic carbocycles. The first kappa shape index (κ1) is 17.0. The van der Waals surface area contributed by atoms with E-state index in [1.54, 1.807) is 30.3 Å². The molecule has 0 saturated carbocycles. The molecule has 0 saturated heterocycles. The van der Waals surface area contributed by atoms with Gasteiger partial charge in [0, 0.05) is 29.4 Å². The lowest BCUT2D eigenvalue weighted by Crippen LogP contribution is -2.14. The van der Waals surface area contributed by atoms with Gasteiger partial charge in [0.2, 0.25) is 5.88 Å². The van der Waals surface area contributed by atoms with Crippen molar-refractivity contribution in [3.05, 3.63) is 89.8 Å². The highest BCUT2D eigenvalue weighted by atomic mass is 35.5. The fourth-order valence-corrected chi connectivity index (χ4v) is 2.85. The molecule has 0 aliphatic rings. The Morgan fingerprint density at radius 2 is 1.78 bits per heavy atom. The number of hydrogen-bond donors (Lipinski definition) is 1. The van der Waals surface area contributed by atoms with Crippen LogP contribution in [0.5, 0.6) is 11.6 Å². The van der Waals surface area contributed by atoms with E-state index in [-0.39, 0.29) is 11.6 Å². The molecule has 27 heavy (non-hydrogen) atoms. The van der Waals surface area contributed by atoms with Gasteiger partial charge in [-0.05, 0) is 23.6 Å². The molecule has 6 heteroatoms. The molecular formula is C21H14ClN3O2. The largest absolute Gasteiger partial charge is 0.439 e. The minimum absolute atomic E-state index is 0.251. The number of fused-ring (bicyclic) bond motifs is 1. The number of amides is 1. The number of rotatable bonds is 4. The second-order valence-corrected chi connectivity index (χ2v) is 6.15. The van der Waals surface area contributed by atoms with Gasteiger partial charge >= 0.3 is 0 Å². The first-order chi connectivity index (χ1) is 13.2. The topological polar surface area (TPSA) is 64.1 Å². The third-order valence-corrected chi connectivity index (χ3v) is 4.12. The number of carbonyl (C=O) groups excluding carboxylic acids is 1. The number of ether oxygens (including phenoxy) is 1. The zero-order valence-corrected chi connectivity index (χ0v) is 14.9. The van der Waals surface area contributed by atoms with E-state index in [9.17, 15) is 4.79 Å². The molecule has 5 nitrogen and oxygen atoms in total. The van der Waals surface area contributed by atoms with Gasteiger partial charge in [0.15, 0.2) is 0 Å². The van der Waals surface area contributed by atoms with E-state index in [1.807, 2.05) is 42.5 Å². The van der Waals surface area contributed by atoms with E-state index in [0.29, 0.717) is 16.8 Å². The summed E-state index contributed by atoms with van der Waals surface area (Å²) in [6.45, 7) is 0. The SMILES string of the molecule is O=C(Nc1cccc2ccccc12)c1cccc(Oc2ccnc(Cl)c2)n1. The van der Waals surface area contributed by atoms with E-state index >= 15 is 0 Å². The first-order valence-corrected chi connectivity index (χ1v) is 8.62. The van der Waals surface area contributed by atoms with Crippen LogP contribution < -0.4 is 10.1 Å². The van der Waals surface area contributed by atoms with E-state index in [1.165, 1.54) is 6.20 Å². The summed E-state index contributed by atoms with van der Waals surface area (Å²) in [5, 5.41) is 5.25. The zero-order chi connectivity index (χ0) is 18.6. The van der Waals surface area contributed by atoms with Gasteiger partial charge in [0.25, 0.3) is 5.91 Å². The van der Waals surface area contributed by atoms with E-state index in [4.69, 9.17) is 16.3 Å². The normalized spacial score (nSPS) is 10.6. The fourth-order valence-electron chi connectivity index (χ4n) is 2.69. The minimum atomic E-state index is -0.315. The lowest BCUT2D eigenvalue weighted by molar-refractivity contribution is 0.102. The molecule has 1 N–H and O–H groups in total. The lowest BCUT2D eigenvalue weighted by atomic mass is 10.1. The van der Waals surface area contributed by atoms with Crippen LogP contribution in [-0.2, 0) is 0 Å². The summed E-state index contributed by atoms with van der Waals surface area (Å²) in [6.07, 6.45) is 1.54. The Balaban J connectivity index is 1.57. The van der Waals surface area contributed by atoms with Crippen molar-refractivity contribution >= 4 is 34.0 Å². The van der Waals surface area contributed by atoms with E-state index in [2.05, 4.69) is 15.3 Å². The molecule has 0 radical (unpaired) electrons. The molecule has 4 aromatic rings. The predicted molar refractivity (Wildman–Crippen MR) is 105 cm³/mol. The van der Waals surface area contributed by atoms with Crippen molar-refractivity contribution in [2.75, 3.05) is 5.32 Å². The molecule has 0 aliphatic heterocycles. The monoisotopic (exact) mass is 375 g/mol. The van der Waals surface area contributed by atoms with Gasteiger partial charge < -0.3 is 10.1 Å². The van der Waals surface area contributed by atoms with Crippen molar-refractivity contribution in [3.63, 3.8) is 0 Å². The van der Waals surface area contributed by atoms with Crippen LogP contribution in [0.3, 0.4) is 0 Å². The Kier molecular flexibility index (Phi) is 4.68. The van der Waals surface area contributed by atoms with Gasteiger partial charge in [-0.3, -0.25) is 4.79 Å². The van der Waals surface area contributed by atoms with Gasteiger partial charge in [-0.25, -0.2) is 9.97 Å². The van der Waals surface area contributed by atoms with Crippen LogP contribution in [0.1, 0.15) is 10.5 Å². The van der Waals surface area contributed by atoms with Crippen molar-refractivity contribution < 1.29 is 9.53 Å². The summed E-state index contributed by atoms with van der Waals surface area (Å²) >= 11 is 5.86. The van der Waals surface area contributed by atoms with Crippen molar-refractivity contribution in [2.24, 2.45) is 0 Å². The highest BCUT2D eigenvalue weighted by molar-refractivity contribution is 6.29. The minimum Gasteiger partial charge on any atom is -0.439 e. The fraction of sp³-hybridized carbons (Fsp3) is 0. The lowest BCUT2D eigenvalue weighted by Gasteiger charge is -2.09. The van der Waals surface area contributed by atoms with E-state index in [0.717, 1.165) is 16.5 Å². The summed E-state index contributed by atoms with van der Waals surface area (Å²) < 4.78 is 5.65. The van der Waals surface area contributed by atoms with Crippen LogP contribution in [0, 0.1) is 0 Å². The number of pyridine rings is 2. The average molecular weight is 376 g/mol. The number of benzene rings is 2. The van der Waals surface area contributed by atoms with Gasteiger partial charge in [-0.15, -0.1) is 0 Å². The number of nitrogens with one attached hydrogen (secondary N) is 1. The smallest absolute Gasteiger partial charge is 0.274 e. The number of halogens is 1. The van der Waals surface area contributed by atoms with Gasteiger partial charge in [0.1, 0.15) is 16.6 Å². The highest BCUT2D eigenvalue weighted by Gasteiger charge is 2.11. The predicted octanol–water partition coefficient (Wildman–Crippen LogP) is 5.33. The molecule has 0 spiro atoms. The Morgan fingerprint density at radius 1 is 0.963 bits per heavy atom. The van der Waals surface area contributed by atoms with Crippen molar-refractivity contribution in [1.29, 1.82) is 0 Å². The van der Waals surface area contributed by atoms with Crippen molar-refractivity contribution in [3.8, 4) is 11.6 Å². The zero-order valence-electron chi connectivity index (χ0n) is 14.1. The third kappa shape index (κ3) is 3.88. The second kappa shape index (κ2) is 7.43. The maximum Gasteiger partial charge on any atom is 0.274 e. The molecular weight excluding hydrogens is 362 g/mol. The molecule has 4 rings (SSSR count). The van der Waals surface area contributed by atoms with Crippen molar-refractivity contribution in [1.82, 2.24) is 9.97 Å². The van der Waals surface area contributed by atoms with Crippen LogP contribution in [0.2, 0.25) is 5.15 Å². The molecule has 0 atom stereocenters. The highest BCUT2D eigenvalue weighted by Crippen LogP contribution is 2.24. The standard InChI is InChI=1S/C21H14ClN3O2/c22-19-13-15(11-12-23-19)27-20-10-4-9-18(24-20)21(26)25-17-8-3-6-14-5-1-2-7-16(14)17/h1-13H,(H,25,26). The summed E-state index contributed by atoms with van der Waals surface area (Å²) in [5.74, 6) is 0.474. The number of hydrogen-bond acceptors (Lipinski definition) is 4. The summed E-state index contributed by atoms with van der Waals surface area (Å²) in [5.41, 5.74) is 0.979. The molecule has 2 aromatic carbocycles. The number of carbonyl (C=O) groups is 1. The summed E-state index contributed by atoms with van der Waals surface area (Å²) in [4.78, 5) is 20.8. The number of nitrogens with zero attached hydrogens (tertiary/aromatic N) is 2. The Hall–Kier alpha value is -3.44. The van der Waals surface area contributed by atoms with Crippen LogP contribution in [-0.4, -0.2) is 15.9 Å². The van der Waals surface area contributed by atoms with Crippen LogP contribution in [0.15, 0.2) is 79.0 Å². The maximum absolute atomic E-state index is 12.7. The third-order valence-electron chi connectivity index (χ3n) is 3.91. The number of anilines is 1. The average Bonchev–Trinajstić information content (AvgIpc) is 2.68. The summed E-state index contributed by atoms with van der Waals surface area (Å²) in [6, 6.07) is 21.9. The Bertz CT molecular complexity index is 1130. The quantitative estimate of drug-likeness (QED) is 0.490. The van der Waals surface area contributed by atoms with Gasteiger partial charge in [0.05, 0.1) is 0 Å². The first-order valence-electron chi connectivity index (χ1n) is 8.25.